The third-order valence-corrected chi connectivity index (χ3v) is 3.99. The summed E-state index contributed by atoms with van der Waals surface area (Å²) in [6.07, 6.45) is -3.04. The first kappa shape index (κ1) is 23.0. The number of carbonyl (C=O) groups is 2. The Morgan fingerprint density at radius 3 is 2.53 bits per heavy atom. The van der Waals surface area contributed by atoms with Crippen molar-refractivity contribution in [3.05, 3.63) is 74.0 Å². The number of ether oxygens (including phenoxy) is 1. The maximum atomic E-state index is 13.6. The Labute approximate surface area is 174 Å². The van der Waals surface area contributed by atoms with Crippen molar-refractivity contribution in [2.45, 2.75) is 6.18 Å². The van der Waals surface area contributed by atoms with Crippen molar-refractivity contribution in [2.24, 2.45) is 0 Å². The third kappa shape index (κ3) is 6.37. The predicted molar refractivity (Wildman–Crippen MR) is 101 cm³/mol. The standard InChI is InChI=1S/C18H11BrF4N2O5/c19-11-2-4-14(20)10(7-11)1-6-17(27)30-9-16(26)24-15-5-3-12(25(28)29)8-13(15)18(21,22)23/h1-8H,9H2,(H,24,26)/b6-1+. The molecule has 0 saturated heterocycles. The average molecular weight is 491 g/mol. The fraction of sp³-hybridized carbons (Fsp3) is 0.111. The highest BCUT2D eigenvalue weighted by molar-refractivity contribution is 9.10. The molecule has 0 fully saturated rings. The van der Waals surface area contributed by atoms with Crippen LogP contribution in [0.25, 0.3) is 6.08 Å². The minimum atomic E-state index is -4.97. The zero-order valence-electron chi connectivity index (χ0n) is 14.7. The molecular weight excluding hydrogens is 480 g/mol. The van der Waals surface area contributed by atoms with Gasteiger partial charge in [-0.05, 0) is 30.3 Å². The maximum Gasteiger partial charge on any atom is 0.418 e. The Morgan fingerprint density at radius 2 is 1.90 bits per heavy atom. The fourth-order valence-corrected chi connectivity index (χ4v) is 2.54. The fourth-order valence-electron chi connectivity index (χ4n) is 2.16. The van der Waals surface area contributed by atoms with Gasteiger partial charge in [-0.3, -0.25) is 14.9 Å². The predicted octanol–water partition coefficient (Wildman–Crippen LogP) is 4.71. The van der Waals surface area contributed by atoms with Crippen LogP contribution in [0.5, 0.6) is 0 Å². The number of benzene rings is 2. The summed E-state index contributed by atoms with van der Waals surface area (Å²) in [7, 11) is 0. The number of rotatable bonds is 6. The number of amides is 1. The third-order valence-electron chi connectivity index (χ3n) is 3.50. The molecule has 158 valence electrons. The van der Waals surface area contributed by atoms with Gasteiger partial charge in [0.2, 0.25) is 0 Å². The van der Waals surface area contributed by atoms with Crippen molar-refractivity contribution in [1.29, 1.82) is 0 Å². The highest BCUT2D eigenvalue weighted by Crippen LogP contribution is 2.37. The number of hydrogen-bond acceptors (Lipinski definition) is 5. The number of nitro groups is 1. The second-order valence-corrected chi connectivity index (χ2v) is 6.56. The number of esters is 1. The molecule has 2 aromatic carbocycles. The molecule has 0 spiro atoms. The van der Waals surface area contributed by atoms with Crippen molar-refractivity contribution in [2.75, 3.05) is 11.9 Å². The van der Waals surface area contributed by atoms with Crippen LogP contribution in [0.4, 0.5) is 28.9 Å². The van der Waals surface area contributed by atoms with Gasteiger partial charge in [0.25, 0.3) is 11.6 Å². The van der Waals surface area contributed by atoms with E-state index in [0.29, 0.717) is 4.47 Å². The van der Waals surface area contributed by atoms with Gasteiger partial charge in [-0.1, -0.05) is 15.9 Å². The molecular formula is C18H11BrF4N2O5. The Balaban J connectivity index is 2.02. The highest BCUT2D eigenvalue weighted by Gasteiger charge is 2.35. The topological polar surface area (TPSA) is 98.5 Å². The lowest BCUT2D eigenvalue weighted by atomic mass is 10.1. The van der Waals surface area contributed by atoms with Gasteiger partial charge in [-0.2, -0.15) is 13.2 Å². The van der Waals surface area contributed by atoms with Gasteiger partial charge in [-0.15, -0.1) is 0 Å². The lowest BCUT2D eigenvalue weighted by Gasteiger charge is -2.13. The molecule has 1 amide bonds. The largest absolute Gasteiger partial charge is 0.452 e. The number of nitrogens with one attached hydrogen (secondary N) is 1. The van der Waals surface area contributed by atoms with Crippen LogP contribution in [0.2, 0.25) is 0 Å². The molecule has 2 aromatic rings. The molecule has 7 nitrogen and oxygen atoms in total. The number of alkyl halides is 3. The summed E-state index contributed by atoms with van der Waals surface area (Å²) in [6.45, 7) is -0.932. The number of carbonyl (C=O) groups excluding carboxylic acids is 2. The van der Waals surface area contributed by atoms with Crippen molar-refractivity contribution >= 4 is 45.3 Å². The molecule has 1 N–H and O–H groups in total. The van der Waals surface area contributed by atoms with E-state index in [0.717, 1.165) is 30.4 Å². The molecule has 2 rings (SSSR count). The lowest BCUT2D eigenvalue weighted by molar-refractivity contribution is -0.385. The summed E-state index contributed by atoms with van der Waals surface area (Å²) in [5, 5.41) is 12.5. The first-order chi connectivity index (χ1) is 14.0. The molecule has 0 radical (unpaired) electrons. The van der Waals surface area contributed by atoms with Crippen molar-refractivity contribution in [3.8, 4) is 0 Å². The van der Waals surface area contributed by atoms with E-state index in [4.69, 9.17) is 0 Å². The summed E-state index contributed by atoms with van der Waals surface area (Å²) in [6, 6.07) is 5.77. The minimum absolute atomic E-state index is 0.0616. The first-order valence-corrected chi connectivity index (χ1v) is 8.72. The van der Waals surface area contributed by atoms with Gasteiger partial charge < -0.3 is 10.1 Å². The van der Waals surface area contributed by atoms with Crippen molar-refractivity contribution in [1.82, 2.24) is 0 Å². The van der Waals surface area contributed by atoms with Gasteiger partial charge in [0.15, 0.2) is 6.61 Å². The Bertz CT molecular complexity index is 1020. The van der Waals surface area contributed by atoms with Crippen LogP contribution in [0.1, 0.15) is 11.1 Å². The molecule has 0 aliphatic carbocycles. The van der Waals surface area contributed by atoms with Gasteiger partial charge in [0, 0.05) is 28.2 Å². The first-order valence-electron chi connectivity index (χ1n) is 7.93. The van der Waals surface area contributed by atoms with Gasteiger partial charge >= 0.3 is 12.1 Å². The van der Waals surface area contributed by atoms with Gasteiger partial charge in [-0.25, -0.2) is 9.18 Å². The number of nitrogens with zero attached hydrogens (tertiary/aromatic N) is 1. The summed E-state index contributed by atoms with van der Waals surface area (Å²) in [5.41, 5.74) is -2.91. The van der Waals surface area contributed by atoms with Crippen LogP contribution in [0, 0.1) is 15.9 Å². The average Bonchev–Trinajstić information content (AvgIpc) is 2.66. The zero-order chi connectivity index (χ0) is 22.5. The number of nitro benzene ring substituents is 1. The highest BCUT2D eigenvalue weighted by atomic mass is 79.9. The Kier molecular flexibility index (Phi) is 7.27. The number of non-ortho nitro benzene ring substituents is 1. The summed E-state index contributed by atoms with van der Waals surface area (Å²) in [5.74, 6) is -2.76. The molecule has 0 saturated carbocycles. The van der Waals surface area contributed by atoms with Crippen LogP contribution in [0.15, 0.2) is 46.9 Å². The van der Waals surface area contributed by atoms with Gasteiger partial charge in [0.05, 0.1) is 16.2 Å². The van der Waals surface area contributed by atoms with Crippen molar-refractivity contribution < 1.29 is 36.8 Å². The van der Waals surface area contributed by atoms with Crippen LogP contribution in [-0.4, -0.2) is 23.4 Å². The van der Waals surface area contributed by atoms with E-state index in [1.54, 1.807) is 0 Å². The molecule has 0 unspecified atom stereocenters. The number of anilines is 1. The molecule has 0 aromatic heterocycles. The van der Waals surface area contributed by atoms with E-state index in [-0.39, 0.29) is 11.6 Å². The zero-order valence-corrected chi connectivity index (χ0v) is 16.3. The summed E-state index contributed by atoms with van der Waals surface area (Å²) < 4.78 is 57.9. The number of halogens is 5. The van der Waals surface area contributed by atoms with Gasteiger partial charge in [0.1, 0.15) is 5.82 Å². The normalized spacial score (nSPS) is 11.4. The van der Waals surface area contributed by atoms with Crippen LogP contribution in [0.3, 0.4) is 0 Å². The quantitative estimate of drug-likeness (QED) is 0.208. The molecule has 30 heavy (non-hydrogen) atoms. The van der Waals surface area contributed by atoms with Crippen molar-refractivity contribution in [3.63, 3.8) is 0 Å². The van der Waals surface area contributed by atoms with E-state index >= 15 is 0 Å². The number of hydrogen-bond donors (Lipinski definition) is 1. The second-order valence-electron chi connectivity index (χ2n) is 5.64. The van der Waals surface area contributed by atoms with E-state index in [2.05, 4.69) is 20.7 Å². The smallest absolute Gasteiger partial charge is 0.418 e. The van der Waals surface area contributed by atoms with E-state index in [9.17, 15) is 37.3 Å². The molecule has 0 aliphatic rings. The monoisotopic (exact) mass is 490 g/mol. The summed E-state index contributed by atoms with van der Waals surface area (Å²) >= 11 is 3.13. The van der Waals surface area contributed by atoms with E-state index in [1.807, 2.05) is 5.32 Å². The molecule has 0 heterocycles. The molecule has 0 bridgehead atoms. The lowest BCUT2D eigenvalue weighted by Crippen LogP contribution is -2.22. The van der Waals surface area contributed by atoms with E-state index < -0.39 is 52.3 Å². The Hall–Kier alpha value is -3.28. The minimum Gasteiger partial charge on any atom is -0.452 e. The second kappa shape index (κ2) is 9.48. The Morgan fingerprint density at radius 1 is 1.20 bits per heavy atom. The molecule has 12 heteroatoms. The summed E-state index contributed by atoms with van der Waals surface area (Å²) in [4.78, 5) is 33.1. The SMILES string of the molecule is O=C(COC(=O)/C=C/c1cc(Br)ccc1F)Nc1ccc([N+](=O)[O-])cc1C(F)(F)F. The maximum absolute atomic E-state index is 13.6. The van der Waals surface area contributed by atoms with Crippen LogP contribution < -0.4 is 5.32 Å². The van der Waals surface area contributed by atoms with Crippen LogP contribution >= 0.6 is 15.9 Å². The van der Waals surface area contributed by atoms with Crippen LogP contribution in [-0.2, 0) is 20.5 Å². The molecule has 0 aliphatic heterocycles. The molecule has 0 atom stereocenters. The van der Waals surface area contributed by atoms with E-state index in [1.165, 1.54) is 12.1 Å².